The number of nitriles is 1. The molecule has 0 aliphatic heterocycles. The Morgan fingerprint density at radius 3 is 2.61 bits per heavy atom. The third-order valence-corrected chi connectivity index (χ3v) is 3.94. The lowest BCUT2D eigenvalue weighted by molar-refractivity contribution is 0.512. The van der Waals surface area contributed by atoms with Crippen LogP contribution in [0.25, 0.3) is 0 Å². The SMILES string of the molecule is CCC(C#N)S(=O)(=O)Nc1c(N)ccc(F)c1F. The second kappa shape index (κ2) is 5.18. The molecule has 1 aromatic rings. The number of hydrogen-bond acceptors (Lipinski definition) is 4. The molecule has 1 aromatic carbocycles. The van der Waals surface area contributed by atoms with Crippen LogP contribution in [0.3, 0.4) is 0 Å². The van der Waals surface area contributed by atoms with Crippen molar-refractivity contribution in [2.75, 3.05) is 10.5 Å². The quantitative estimate of drug-likeness (QED) is 0.815. The highest BCUT2D eigenvalue weighted by Crippen LogP contribution is 2.26. The van der Waals surface area contributed by atoms with Crippen molar-refractivity contribution in [1.82, 2.24) is 0 Å². The van der Waals surface area contributed by atoms with E-state index < -0.39 is 32.6 Å². The van der Waals surface area contributed by atoms with E-state index in [-0.39, 0.29) is 12.1 Å². The van der Waals surface area contributed by atoms with Crippen molar-refractivity contribution in [3.05, 3.63) is 23.8 Å². The number of hydrogen-bond donors (Lipinski definition) is 2. The molecule has 0 saturated carbocycles. The van der Waals surface area contributed by atoms with Crippen LogP contribution in [-0.2, 0) is 10.0 Å². The zero-order chi connectivity index (χ0) is 13.9. The molecule has 0 amide bonds. The minimum Gasteiger partial charge on any atom is -0.397 e. The second-order valence-electron chi connectivity index (χ2n) is 3.50. The monoisotopic (exact) mass is 275 g/mol. The third kappa shape index (κ3) is 2.68. The smallest absolute Gasteiger partial charge is 0.249 e. The van der Waals surface area contributed by atoms with Crippen molar-refractivity contribution in [3.63, 3.8) is 0 Å². The molecule has 0 fully saturated rings. The molecule has 5 nitrogen and oxygen atoms in total. The van der Waals surface area contributed by atoms with E-state index in [1.165, 1.54) is 6.92 Å². The number of nitrogens with one attached hydrogen (secondary N) is 1. The van der Waals surface area contributed by atoms with Gasteiger partial charge in [0.05, 0.1) is 11.8 Å². The molecular weight excluding hydrogens is 264 g/mol. The Hall–Kier alpha value is -1.88. The van der Waals surface area contributed by atoms with E-state index in [0.29, 0.717) is 0 Å². The fourth-order valence-corrected chi connectivity index (χ4v) is 2.47. The topological polar surface area (TPSA) is 96.0 Å². The van der Waals surface area contributed by atoms with E-state index in [0.717, 1.165) is 12.1 Å². The number of nitrogens with two attached hydrogens (primary N) is 1. The Labute approximate surface area is 103 Å². The van der Waals surface area contributed by atoms with Gasteiger partial charge in [-0.25, -0.2) is 17.2 Å². The Bertz CT molecular complexity index is 596. The Kier molecular flexibility index (Phi) is 4.08. The summed E-state index contributed by atoms with van der Waals surface area (Å²) in [5.74, 6) is -2.63. The Balaban J connectivity index is 3.21. The summed E-state index contributed by atoms with van der Waals surface area (Å²) in [6.45, 7) is 1.48. The van der Waals surface area contributed by atoms with Gasteiger partial charge in [-0.3, -0.25) is 4.72 Å². The predicted molar refractivity (Wildman–Crippen MR) is 63.0 cm³/mol. The molecule has 98 valence electrons. The van der Waals surface area contributed by atoms with Crippen LogP contribution in [0, 0.1) is 23.0 Å². The highest BCUT2D eigenvalue weighted by Gasteiger charge is 2.26. The zero-order valence-corrected chi connectivity index (χ0v) is 10.3. The zero-order valence-electron chi connectivity index (χ0n) is 9.44. The maximum Gasteiger partial charge on any atom is 0.249 e. The lowest BCUT2D eigenvalue weighted by atomic mass is 10.2. The van der Waals surface area contributed by atoms with Gasteiger partial charge in [0.1, 0.15) is 5.69 Å². The molecule has 0 aromatic heterocycles. The maximum atomic E-state index is 13.4. The summed E-state index contributed by atoms with van der Waals surface area (Å²) in [7, 11) is -4.14. The van der Waals surface area contributed by atoms with Gasteiger partial charge in [0.25, 0.3) is 0 Å². The number of benzene rings is 1. The van der Waals surface area contributed by atoms with Gasteiger partial charge in [0, 0.05) is 0 Å². The molecule has 0 bridgehead atoms. The van der Waals surface area contributed by atoms with Crippen molar-refractivity contribution in [2.24, 2.45) is 0 Å². The van der Waals surface area contributed by atoms with Crippen LogP contribution in [0.2, 0.25) is 0 Å². The average molecular weight is 275 g/mol. The van der Waals surface area contributed by atoms with Gasteiger partial charge in [-0.2, -0.15) is 5.26 Å². The van der Waals surface area contributed by atoms with E-state index in [1.807, 2.05) is 4.72 Å². The van der Waals surface area contributed by atoms with Crippen molar-refractivity contribution in [3.8, 4) is 6.07 Å². The summed E-state index contributed by atoms with van der Waals surface area (Å²) in [5.41, 5.74) is 4.43. The molecule has 1 unspecified atom stereocenters. The number of nitrogens with zero attached hydrogens (tertiary/aromatic N) is 1. The van der Waals surface area contributed by atoms with Crippen molar-refractivity contribution < 1.29 is 17.2 Å². The number of rotatable bonds is 4. The van der Waals surface area contributed by atoms with Crippen molar-refractivity contribution in [1.29, 1.82) is 5.26 Å². The van der Waals surface area contributed by atoms with E-state index in [2.05, 4.69) is 0 Å². The molecule has 0 saturated heterocycles. The largest absolute Gasteiger partial charge is 0.397 e. The highest BCUT2D eigenvalue weighted by atomic mass is 32.2. The molecule has 0 spiro atoms. The van der Waals surface area contributed by atoms with Gasteiger partial charge in [0.2, 0.25) is 10.0 Å². The van der Waals surface area contributed by atoms with E-state index >= 15 is 0 Å². The number of halogens is 2. The standard InChI is InChI=1S/C10H11F2N3O2S/c1-2-6(5-13)18(16,17)15-10-8(14)4-3-7(11)9(10)12/h3-4,6,15H,2,14H2,1H3. The summed E-state index contributed by atoms with van der Waals surface area (Å²) in [6.07, 6.45) is 0.0165. The molecule has 0 aliphatic carbocycles. The lowest BCUT2D eigenvalue weighted by Gasteiger charge is -2.13. The molecule has 0 aliphatic rings. The van der Waals surface area contributed by atoms with Crippen LogP contribution in [0.15, 0.2) is 12.1 Å². The van der Waals surface area contributed by atoms with E-state index in [1.54, 1.807) is 6.07 Å². The highest BCUT2D eigenvalue weighted by molar-refractivity contribution is 7.93. The first kappa shape index (κ1) is 14.2. The van der Waals surface area contributed by atoms with Crippen LogP contribution < -0.4 is 10.5 Å². The van der Waals surface area contributed by atoms with Gasteiger partial charge in [-0.15, -0.1) is 0 Å². The number of anilines is 2. The summed E-state index contributed by atoms with van der Waals surface area (Å²) < 4.78 is 51.6. The summed E-state index contributed by atoms with van der Waals surface area (Å²) in [5, 5.41) is 7.30. The second-order valence-corrected chi connectivity index (χ2v) is 5.36. The van der Waals surface area contributed by atoms with Gasteiger partial charge < -0.3 is 5.73 Å². The average Bonchev–Trinajstić information content (AvgIpc) is 2.31. The van der Waals surface area contributed by atoms with Crippen LogP contribution in [0.1, 0.15) is 13.3 Å². The minimum absolute atomic E-state index is 0.0165. The number of sulfonamides is 1. The predicted octanol–water partition coefficient (Wildman–Crippen LogP) is 1.59. The summed E-state index contributed by atoms with van der Waals surface area (Å²) >= 11 is 0. The summed E-state index contributed by atoms with van der Waals surface area (Å²) in [4.78, 5) is 0. The molecular formula is C10H11F2N3O2S. The van der Waals surface area contributed by atoms with Crippen molar-refractivity contribution in [2.45, 2.75) is 18.6 Å². The molecule has 3 N–H and O–H groups in total. The van der Waals surface area contributed by atoms with Crippen LogP contribution in [0.5, 0.6) is 0 Å². The van der Waals surface area contributed by atoms with Crippen molar-refractivity contribution >= 4 is 21.4 Å². The molecule has 18 heavy (non-hydrogen) atoms. The van der Waals surface area contributed by atoms with Gasteiger partial charge >= 0.3 is 0 Å². The lowest BCUT2D eigenvalue weighted by Crippen LogP contribution is -2.27. The van der Waals surface area contributed by atoms with Crippen LogP contribution in [-0.4, -0.2) is 13.7 Å². The van der Waals surface area contributed by atoms with Gasteiger partial charge in [-0.05, 0) is 18.6 Å². The number of nitrogen functional groups attached to an aromatic ring is 1. The molecule has 8 heteroatoms. The fraction of sp³-hybridized carbons (Fsp3) is 0.300. The molecule has 0 heterocycles. The van der Waals surface area contributed by atoms with Gasteiger partial charge in [-0.1, -0.05) is 6.92 Å². The molecule has 0 radical (unpaired) electrons. The first-order chi connectivity index (χ1) is 8.33. The minimum atomic E-state index is -4.14. The van der Waals surface area contributed by atoms with Gasteiger partial charge in [0.15, 0.2) is 16.9 Å². The first-order valence-electron chi connectivity index (χ1n) is 4.98. The summed E-state index contributed by atoms with van der Waals surface area (Å²) in [6, 6.07) is 3.37. The van der Waals surface area contributed by atoms with E-state index in [9.17, 15) is 17.2 Å². The fourth-order valence-electron chi connectivity index (χ4n) is 1.26. The Morgan fingerprint density at radius 1 is 1.50 bits per heavy atom. The Morgan fingerprint density at radius 2 is 2.11 bits per heavy atom. The van der Waals surface area contributed by atoms with Crippen LogP contribution in [0.4, 0.5) is 20.2 Å². The molecule has 1 rings (SSSR count). The normalized spacial score (nSPS) is 12.8. The molecule has 1 atom stereocenters. The van der Waals surface area contributed by atoms with Crippen LogP contribution >= 0.6 is 0 Å². The maximum absolute atomic E-state index is 13.4. The first-order valence-corrected chi connectivity index (χ1v) is 6.52. The van der Waals surface area contributed by atoms with E-state index in [4.69, 9.17) is 11.0 Å². The third-order valence-electron chi connectivity index (χ3n) is 2.26.